The molecule has 0 aliphatic rings. The van der Waals surface area contributed by atoms with E-state index in [4.69, 9.17) is 14.0 Å². The van der Waals surface area contributed by atoms with Gasteiger partial charge in [0.2, 0.25) is 15.8 Å². The van der Waals surface area contributed by atoms with Crippen molar-refractivity contribution in [1.29, 1.82) is 0 Å². The quantitative estimate of drug-likeness (QED) is 0.342. The van der Waals surface area contributed by atoms with Crippen molar-refractivity contribution in [3.63, 3.8) is 0 Å². The van der Waals surface area contributed by atoms with Crippen molar-refractivity contribution in [3.05, 3.63) is 96.2 Å². The maximum Gasteiger partial charge on any atom is 0.238 e. The molecular formula is C23H16FNO5S. The minimum Gasteiger partial charge on any atom is -0.457 e. The molecule has 4 aromatic rings. The summed E-state index contributed by atoms with van der Waals surface area (Å²) in [6.45, 7) is 0. The zero-order chi connectivity index (χ0) is 22.0. The number of halogens is 1. The van der Waals surface area contributed by atoms with Gasteiger partial charge in [-0.2, -0.15) is 0 Å². The predicted molar refractivity (Wildman–Crippen MR) is 113 cm³/mol. The van der Waals surface area contributed by atoms with Crippen LogP contribution in [0.2, 0.25) is 0 Å². The molecule has 2 aromatic heterocycles. The van der Waals surface area contributed by atoms with Crippen molar-refractivity contribution in [2.75, 3.05) is 0 Å². The second kappa shape index (κ2) is 8.17. The first-order valence-electron chi connectivity index (χ1n) is 9.11. The van der Waals surface area contributed by atoms with Crippen LogP contribution >= 0.6 is 0 Å². The molecule has 0 bridgehead atoms. The Labute approximate surface area is 177 Å². The molecule has 0 amide bonds. The summed E-state index contributed by atoms with van der Waals surface area (Å²) < 4.78 is 47.0. The molecule has 0 saturated carbocycles. The van der Waals surface area contributed by atoms with Gasteiger partial charge in [-0.05, 0) is 84.9 Å². The Morgan fingerprint density at radius 3 is 2.03 bits per heavy atom. The van der Waals surface area contributed by atoms with Gasteiger partial charge in [0.05, 0.1) is 4.90 Å². The van der Waals surface area contributed by atoms with Gasteiger partial charge < -0.3 is 8.83 Å². The predicted octanol–water partition coefficient (Wildman–Crippen LogP) is 4.89. The number of carbonyl (C=O) groups excluding carboxylic acids is 1. The number of hydrogen-bond acceptors (Lipinski definition) is 5. The van der Waals surface area contributed by atoms with Gasteiger partial charge in [0, 0.05) is 11.1 Å². The Morgan fingerprint density at radius 1 is 0.806 bits per heavy atom. The number of rotatable bonds is 6. The van der Waals surface area contributed by atoms with Gasteiger partial charge >= 0.3 is 0 Å². The number of hydrogen-bond donors (Lipinski definition) is 1. The molecule has 0 radical (unpaired) electrons. The summed E-state index contributed by atoms with van der Waals surface area (Å²) in [5.74, 6) is 0.825. The zero-order valence-corrected chi connectivity index (χ0v) is 16.8. The summed E-state index contributed by atoms with van der Waals surface area (Å²) in [5, 5.41) is 5.09. The zero-order valence-electron chi connectivity index (χ0n) is 16.0. The lowest BCUT2D eigenvalue weighted by molar-refractivity contribution is 0.102. The Kier molecular flexibility index (Phi) is 5.41. The van der Waals surface area contributed by atoms with Crippen LogP contribution < -0.4 is 5.14 Å². The van der Waals surface area contributed by atoms with Crippen LogP contribution in [0.1, 0.15) is 16.3 Å². The number of primary sulfonamides is 1. The molecule has 0 aliphatic heterocycles. The topological polar surface area (TPSA) is 104 Å². The molecule has 4 rings (SSSR count). The lowest BCUT2D eigenvalue weighted by Crippen LogP contribution is -2.11. The van der Waals surface area contributed by atoms with E-state index in [1.807, 2.05) is 0 Å². The van der Waals surface area contributed by atoms with E-state index in [1.165, 1.54) is 36.4 Å². The van der Waals surface area contributed by atoms with Crippen molar-refractivity contribution in [1.82, 2.24) is 0 Å². The highest BCUT2D eigenvalue weighted by atomic mass is 32.2. The molecule has 0 saturated heterocycles. The Balaban J connectivity index is 1.46. The number of allylic oxidation sites excluding steroid dienone is 1. The highest BCUT2D eigenvalue weighted by molar-refractivity contribution is 7.89. The van der Waals surface area contributed by atoms with Gasteiger partial charge in [-0.1, -0.05) is 0 Å². The number of carbonyl (C=O) groups is 1. The number of benzene rings is 2. The summed E-state index contributed by atoms with van der Waals surface area (Å²) in [4.78, 5) is 12.4. The summed E-state index contributed by atoms with van der Waals surface area (Å²) in [7, 11) is -3.76. The molecule has 0 fully saturated rings. The fourth-order valence-corrected chi connectivity index (χ4v) is 3.40. The van der Waals surface area contributed by atoms with Crippen LogP contribution in [-0.2, 0) is 10.0 Å². The Bertz CT molecular complexity index is 1360. The smallest absolute Gasteiger partial charge is 0.238 e. The number of nitrogens with two attached hydrogens (primary N) is 1. The number of furan rings is 2. The summed E-state index contributed by atoms with van der Waals surface area (Å²) in [6.07, 6.45) is 2.82. The molecule has 2 aromatic carbocycles. The van der Waals surface area contributed by atoms with Crippen molar-refractivity contribution < 1.29 is 26.4 Å². The molecular weight excluding hydrogens is 421 g/mol. The molecule has 6 nitrogen and oxygen atoms in total. The molecule has 8 heteroatoms. The third-order valence-electron chi connectivity index (χ3n) is 4.47. The van der Waals surface area contributed by atoms with Crippen molar-refractivity contribution in [3.8, 4) is 22.6 Å². The molecule has 0 unspecified atom stereocenters. The summed E-state index contributed by atoms with van der Waals surface area (Å²) in [5.41, 5.74) is 1.32. The van der Waals surface area contributed by atoms with Crippen LogP contribution in [0.15, 0.2) is 92.6 Å². The minimum absolute atomic E-state index is 0.00646. The average molecular weight is 437 g/mol. The second-order valence-corrected chi connectivity index (χ2v) is 8.20. The highest BCUT2D eigenvalue weighted by Gasteiger charge is 2.11. The van der Waals surface area contributed by atoms with Gasteiger partial charge in [-0.3, -0.25) is 4.79 Å². The normalized spacial score (nSPS) is 11.8. The largest absolute Gasteiger partial charge is 0.457 e. The molecule has 0 spiro atoms. The Hall–Kier alpha value is -3.75. The molecule has 2 N–H and O–H groups in total. The first-order valence-corrected chi connectivity index (χ1v) is 10.7. The fourth-order valence-electron chi connectivity index (χ4n) is 2.89. The van der Waals surface area contributed by atoms with Crippen molar-refractivity contribution in [2.45, 2.75) is 4.90 Å². The van der Waals surface area contributed by atoms with Gasteiger partial charge in [-0.15, -0.1) is 0 Å². The second-order valence-electron chi connectivity index (χ2n) is 6.64. The van der Waals surface area contributed by atoms with Crippen LogP contribution in [0, 0.1) is 5.82 Å². The first kappa shape index (κ1) is 20.5. The average Bonchev–Trinajstić information content (AvgIpc) is 3.42. The third kappa shape index (κ3) is 4.71. The van der Waals surface area contributed by atoms with Crippen LogP contribution in [0.5, 0.6) is 0 Å². The van der Waals surface area contributed by atoms with Gasteiger partial charge in [0.15, 0.2) is 5.76 Å². The summed E-state index contributed by atoms with van der Waals surface area (Å²) in [6, 6.07) is 18.3. The van der Waals surface area contributed by atoms with Crippen molar-refractivity contribution >= 4 is 21.9 Å². The van der Waals surface area contributed by atoms with E-state index in [0.717, 1.165) is 0 Å². The SMILES string of the molecule is NS(=O)(=O)c1ccc(-c2ccc(C=CC(=O)c3ccc(-c4ccc(F)cc4)o3)o2)cc1. The third-order valence-corrected chi connectivity index (χ3v) is 5.40. The highest BCUT2D eigenvalue weighted by Crippen LogP contribution is 2.25. The van der Waals surface area contributed by atoms with E-state index in [1.54, 1.807) is 48.5 Å². The first-order chi connectivity index (χ1) is 14.8. The van der Waals surface area contributed by atoms with Gasteiger partial charge in [0.1, 0.15) is 23.1 Å². The summed E-state index contributed by atoms with van der Waals surface area (Å²) >= 11 is 0. The Morgan fingerprint density at radius 2 is 1.39 bits per heavy atom. The molecule has 156 valence electrons. The van der Waals surface area contributed by atoms with Crippen LogP contribution in [-0.4, -0.2) is 14.2 Å². The van der Waals surface area contributed by atoms with E-state index < -0.39 is 10.0 Å². The molecule has 31 heavy (non-hydrogen) atoms. The van der Waals surface area contributed by atoms with Crippen LogP contribution in [0.25, 0.3) is 28.7 Å². The number of sulfonamides is 1. The van der Waals surface area contributed by atoms with E-state index >= 15 is 0 Å². The fraction of sp³-hybridized carbons (Fsp3) is 0. The molecule has 0 atom stereocenters. The number of ketones is 1. The van der Waals surface area contributed by atoms with Crippen LogP contribution in [0.3, 0.4) is 0 Å². The van der Waals surface area contributed by atoms with Crippen molar-refractivity contribution in [2.24, 2.45) is 5.14 Å². The maximum absolute atomic E-state index is 13.0. The standard InChI is InChI=1S/C23H16FNO5S/c24-17-5-1-15(2-6-17)22-13-14-23(30-22)20(26)11-7-18-8-12-21(29-18)16-3-9-19(10-4-16)31(25,27)28/h1-14H,(H2,25,27,28). The molecule has 2 heterocycles. The maximum atomic E-state index is 13.0. The molecule has 0 aliphatic carbocycles. The minimum atomic E-state index is -3.76. The lowest BCUT2D eigenvalue weighted by Gasteiger charge is -2.00. The van der Waals surface area contributed by atoms with E-state index in [2.05, 4.69) is 0 Å². The van der Waals surface area contributed by atoms with E-state index in [0.29, 0.717) is 28.4 Å². The van der Waals surface area contributed by atoms with E-state index in [-0.39, 0.29) is 22.3 Å². The lowest BCUT2D eigenvalue weighted by atomic mass is 10.2. The van der Waals surface area contributed by atoms with E-state index in [9.17, 15) is 17.6 Å². The van der Waals surface area contributed by atoms with Gasteiger partial charge in [0.25, 0.3) is 0 Å². The van der Waals surface area contributed by atoms with Crippen LogP contribution in [0.4, 0.5) is 4.39 Å². The van der Waals surface area contributed by atoms with Gasteiger partial charge in [-0.25, -0.2) is 17.9 Å². The monoisotopic (exact) mass is 437 g/mol.